The first-order valence-corrected chi connectivity index (χ1v) is 7.07. The molecule has 0 radical (unpaired) electrons. The summed E-state index contributed by atoms with van der Waals surface area (Å²) in [5, 5.41) is 12.5. The number of carbonyl (C=O) groups excluding carboxylic acids is 1. The number of carboxylic acids is 1. The molecule has 2 aliphatic rings. The van der Waals surface area contributed by atoms with E-state index in [0.29, 0.717) is 18.5 Å². The maximum Gasteiger partial charge on any atom is 0.326 e. The van der Waals surface area contributed by atoms with Gasteiger partial charge in [-0.15, -0.1) is 0 Å². The summed E-state index contributed by atoms with van der Waals surface area (Å²) in [5.74, 6) is -1.06. The van der Waals surface area contributed by atoms with Gasteiger partial charge in [-0.1, -0.05) is 0 Å². The molecule has 1 atom stereocenters. The molecule has 3 rings (SSSR count). The van der Waals surface area contributed by atoms with Gasteiger partial charge in [0.1, 0.15) is 6.04 Å². The van der Waals surface area contributed by atoms with Crippen LogP contribution in [0, 0.1) is 0 Å². The Hall–Kier alpha value is -2.04. The third-order valence-electron chi connectivity index (χ3n) is 4.11. The highest BCUT2D eigenvalue weighted by Gasteiger charge is 2.32. The summed E-state index contributed by atoms with van der Waals surface area (Å²) in [6, 6.07) is 4.91. The monoisotopic (exact) mass is 274 g/mol. The van der Waals surface area contributed by atoms with E-state index in [4.69, 9.17) is 0 Å². The molecule has 106 valence electrons. The Morgan fingerprint density at radius 1 is 1.30 bits per heavy atom. The molecule has 1 saturated heterocycles. The molecule has 0 saturated carbocycles. The normalized spacial score (nSPS) is 21.2. The standard InChI is InChI=1S/C15H18N2O3/c18-14(17-8-2-1-3-13(17)15(19)20)11-4-5-12-10(9-11)6-7-16-12/h4-5,9,13,16H,1-3,6-8H2,(H,19,20). The Kier molecular flexibility index (Phi) is 3.34. The molecule has 0 aliphatic carbocycles. The van der Waals surface area contributed by atoms with Gasteiger partial charge in [0.05, 0.1) is 0 Å². The molecule has 2 heterocycles. The van der Waals surface area contributed by atoms with Crippen molar-refractivity contribution in [2.24, 2.45) is 0 Å². The minimum absolute atomic E-state index is 0.160. The molecule has 1 unspecified atom stereocenters. The van der Waals surface area contributed by atoms with E-state index in [1.54, 1.807) is 6.07 Å². The molecule has 0 aromatic heterocycles. The van der Waals surface area contributed by atoms with Crippen LogP contribution in [-0.4, -0.2) is 41.0 Å². The highest BCUT2D eigenvalue weighted by molar-refractivity contribution is 5.97. The molecule has 1 fully saturated rings. The summed E-state index contributed by atoms with van der Waals surface area (Å²) in [5.41, 5.74) is 2.82. The van der Waals surface area contributed by atoms with E-state index < -0.39 is 12.0 Å². The number of rotatable bonds is 2. The molecule has 2 N–H and O–H groups in total. The maximum absolute atomic E-state index is 12.6. The van der Waals surface area contributed by atoms with Crippen LogP contribution >= 0.6 is 0 Å². The van der Waals surface area contributed by atoms with Gasteiger partial charge in [-0.05, 0) is 49.4 Å². The van der Waals surface area contributed by atoms with E-state index in [1.807, 2.05) is 12.1 Å². The van der Waals surface area contributed by atoms with Crippen LogP contribution in [-0.2, 0) is 11.2 Å². The quantitative estimate of drug-likeness (QED) is 0.861. The Balaban J connectivity index is 1.85. The average molecular weight is 274 g/mol. The van der Waals surface area contributed by atoms with Gasteiger partial charge in [0.2, 0.25) is 0 Å². The number of hydrogen-bond donors (Lipinski definition) is 2. The van der Waals surface area contributed by atoms with E-state index in [0.717, 1.165) is 37.1 Å². The van der Waals surface area contributed by atoms with Crippen LogP contribution in [0.2, 0.25) is 0 Å². The van der Waals surface area contributed by atoms with Crippen molar-refractivity contribution in [1.82, 2.24) is 4.90 Å². The number of aliphatic carboxylic acids is 1. The number of amides is 1. The summed E-state index contributed by atoms with van der Waals surface area (Å²) in [4.78, 5) is 25.4. The molecule has 1 amide bonds. The molecule has 1 aromatic carbocycles. The van der Waals surface area contributed by atoms with Gasteiger partial charge >= 0.3 is 5.97 Å². The first-order valence-electron chi connectivity index (χ1n) is 7.07. The van der Waals surface area contributed by atoms with Crippen molar-refractivity contribution >= 4 is 17.6 Å². The number of fused-ring (bicyclic) bond motifs is 1. The van der Waals surface area contributed by atoms with E-state index in [9.17, 15) is 14.7 Å². The minimum Gasteiger partial charge on any atom is -0.480 e. The molecule has 5 nitrogen and oxygen atoms in total. The fourth-order valence-corrected chi connectivity index (χ4v) is 3.04. The van der Waals surface area contributed by atoms with Gasteiger partial charge in [0, 0.05) is 24.3 Å². The maximum atomic E-state index is 12.6. The molecule has 0 spiro atoms. The van der Waals surface area contributed by atoms with E-state index in [2.05, 4.69) is 5.32 Å². The largest absolute Gasteiger partial charge is 0.480 e. The number of likely N-dealkylation sites (tertiary alicyclic amines) is 1. The van der Waals surface area contributed by atoms with Crippen LogP contribution in [0.5, 0.6) is 0 Å². The molecule has 1 aromatic rings. The summed E-state index contributed by atoms with van der Waals surface area (Å²) in [7, 11) is 0. The van der Waals surface area contributed by atoms with Crippen LogP contribution in [0.1, 0.15) is 35.2 Å². The van der Waals surface area contributed by atoms with E-state index >= 15 is 0 Å². The number of nitrogens with zero attached hydrogens (tertiary/aromatic N) is 1. The second-order valence-electron chi connectivity index (χ2n) is 5.40. The van der Waals surface area contributed by atoms with E-state index in [-0.39, 0.29) is 5.91 Å². The van der Waals surface area contributed by atoms with Crippen molar-refractivity contribution in [3.63, 3.8) is 0 Å². The molecule has 2 aliphatic heterocycles. The Bertz CT molecular complexity index is 556. The van der Waals surface area contributed by atoms with Crippen LogP contribution in [0.3, 0.4) is 0 Å². The number of anilines is 1. The predicted octanol–water partition coefficient (Wildman–Crippen LogP) is 1.73. The summed E-state index contributed by atoms with van der Waals surface area (Å²) in [6.07, 6.45) is 3.21. The summed E-state index contributed by atoms with van der Waals surface area (Å²) >= 11 is 0. The lowest BCUT2D eigenvalue weighted by atomic mass is 10.00. The lowest BCUT2D eigenvalue weighted by Gasteiger charge is -2.33. The van der Waals surface area contributed by atoms with Crippen molar-refractivity contribution in [3.8, 4) is 0 Å². The topological polar surface area (TPSA) is 69.6 Å². The number of carbonyl (C=O) groups is 2. The van der Waals surface area contributed by atoms with Crippen molar-refractivity contribution < 1.29 is 14.7 Å². The molecular weight excluding hydrogens is 256 g/mol. The Morgan fingerprint density at radius 3 is 2.95 bits per heavy atom. The van der Waals surface area contributed by atoms with Crippen molar-refractivity contribution in [2.75, 3.05) is 18.4 Å². The van der Waals surface area contributed by atoms with Gasteiger partial charge in [0.25, 0.3) is 5.91 Å². The van der Waals surface area contributed by atoms with E-state index in [1.165, 1.54) is 4.90 Å². The van der Waals surface area contributed by atoms with Gasteiger partial charge in [-0.25, -0.2) is 4.79 Å². The predicted molar refractivity (Wildman–Crippen MR) is 74.9 cm³/mol. The van der Waals surface area contributed by atoms with Crippen LogP contribution in [0.15, 0.2) is 18.2 Å². The highest BCUT2D eigenvalue weighted by atomic mass is 16.4. The lowest BCUT2D eigenvalue weighted by molar-refractivity contribution is -0.143. The number of benzene rings is 1. The number of piperidine rings is 1. The van der Waals surface area contributed by atoms with Crippen LogP contribution in [0.25, 0.3) is 0 Å². The van der Waals surface area contributed by atoms with Crippen molar-refractivity contribution in [1.29, 1.82) is 0 Å². The third kappa shape index (κ3) is 2.24. The average Bonchev–Trinajstić information content (AvgIpc) is 2.93. The van der Waals surface area contributed by atoms with Crippen LogP contribution in [0.4, 0.5) is 5.69 Å². The second-order valence-corrected chi connectivity index (χ2v) is 5.40. The molecule has 20 heavy (non-hydrogen) atoms. The lowest BCUT2D eigenvalue weighted by Crippen LogP contribution is -2.48. The SMILES string of the molecule is O=C(O)C1CCCCN1C(=O)c1ccc2c(c1)CCN2. The van der Waals surface area contributed by atoms with Crippen molar-refractivity contribution in [2.45, 2.75) is 31.7 Å². The number of nitrogens with one attached hydrogen (secondary N) is 1. The second kappa shape index (κ2) is 5.15. The van der Waals surface area contributed by atoms with Gasteiger partial charge < -0.3 is 15.3 Å². The number of hydrogen-bond acceptors (Lipinski definition) is 3. The molecule has 5 heteroatoms. The fraction of sp³-hybridized carbons (Fsp3) is 0.467. The Labute approximate surface area is 117 Å². The zero-order valence-corrected chi connectivity index (χ0v) is 11.3. The fourth-order valence-electron chi connectivity index (χ4n) is 3.04. The van der Waals surface area contributed by atoms with Crippen LogP contribution < -0.4 is 5.32 Å². The Morgan fingerprint density at radius 2 is 2.15 bits per heavy atom. The minimum atomic E-state index is -0.902. The van der Waals surface area contributed by atoms with Gasteiger partial charge in [-0.2, -0.15) is 0 Å². The molecular formula is C15H18N2O3. The van der Waals surface area contributed by atoms with Gasteiger partial charge in [-0.3, -0.25) is 4.79 Å². The highest BCUT2D eigenvalue weighted by Crippen LogP contribution is 2.25. The smallest absolute Gasteiger partial charge is 0.326 e. The summed E-state index contributed by atoms with van der Waals surface area (Å²) in [6.45, 7) is 1.43. The first kappa shape index (κ1) is 13.0. The zero-order valence-electron chi connectivity index (χ0n) is 11.3. The number of carboxylic acid groups (broad SMARTS) is 1. The zero-order chi connectivity index (χ0) is 14.1. The van der Waals surface area contributed by atoms with Crippen molar-refractivity contribution in [3.05, 3.63) is 29.3 Å². The first-order chi connectivity index (χ1) is 9.66. The third-order valence-corrected chi connectivity index (χ3v) is 4.11. The molecule has 0 bridgehead atoms. The van der Waals surface area contributed by atoms with Gasteiger partial charge in [0.15, 0.2) is 0 Å². The summed E-state index contributed by atoms with van der Waals surface area (Å²) < 4.78 is 0.